The van der Waals surface area contributed by atoms with E-state index in [2.05, 4.69) is 15.7 Å². The monoisotopic (exact) mass is 347 g/mol. The molecular formula is C15H17N5O5. The molecule has 2 N–H and O–H groups in total. The zero-order chi connectivity index (χ0) is 18.6. The summed E-state index contributed by atoms with van der Waals surface area (Å²) in [6.45, 7) is 2.34. The number of hydrogen-bond acceptors (Lipinski definition) is 6. The number of methoxy groups -OCH3 is 1. The van der Waals surface area contributed by atoms with Crippen LogP contribution in [0, 0.1) is 10.1 Å². The summed E-state index contributed by atoms with van der Waals surface area (Å²) in [6.07, 6.45) is 1.51. The van der Waals surface area contributed by atoms with Crippen LogP contribution in [0.3, 0.4) is 0 Å². The standard InChI is InChI=1S/C15H17N5O5/c1-4-19-8-10(13(18-19)15(22)16-2)17-14(21)9-5-6-12(25-3)11(7-9)20(23)24/h5-8H,4H2,1-3H3,(H,16,22)(H,17,21). The van der Waals surface area contributed by atoms with Gasteiger partial charge in [-0.2, -0.15) is 5.10 Å². The molecule has 0 bridgehead atoms. The number of anilines is 1. The van der Waals surface area contributed by atoms with Crippen molar-refractivity contribution in [2.24, 2.45) is 0 Å². The van der Waals surface area contributed by atoms with Crippen molar-refractivity contribution in [1.82, 2.24) is 15.1 Å². The van der Waals surface area contributed by atoms with Crippen LogP contribution < -0.4 is 15.4 Å². The molecule has 0 saturated heterocycles. The van der Waals surface area contributed by atoms with Gasteiger partial charge < -0.3 is 15.4 Å². The van der Waals surface area contributed by atoms with E-state index in [4.69, 9.17) is 4.74 Å². The molecule has 0 atom stereocenters. The molecule has 2 aromatic rings. The van der Waals surface area contributed by atoms with E-state index in [1.165, 1.54) is 37.2 Å². The summed E-state index contributed by atoms with van der Waals surface area (Å²) in [5.74, 6) is -1.01. The maximum Gasteiger partial charge on any atom is 0.311 e. The summed E-state index contributed by atoms with van der Waals surface area (Å²) in [6, 6.07) is 3.84. The van der Waals surface area contributed by atoms with Crippen molar-refractivity contribution in [3.05, 3.63) is 45.8 Å². The number of rotatable bonds is 6. The first-order valence-electron chi connectivity index (χ1n) is 7.34. The van der Waals surface area contributed by atoms with E-state index in [0.29, 0.717) is 6.54 Å². The third-order valence-electron chi connectivity index (χ3n) is 3.41. The van der Waals surface area contributed by atoms with Gasteiger partial charge in [-0.05, 0) is 19.1 Å². The molecule has 10 nitrogen and oxygen atoms in total. The Morgan fingerprint density at radius 2 is 2.08 bits per heavy atom. The molecule has 0 aliphatic carbocycles. The highest BCUT2D eigenvalue weighted by molar-refractivity contribution is 6.08. The number of benzene rings is 1. The number of nitrogens with one attached hydrogen (secondary N) is 2. The number of nitro benzene ring substituents is 1. The smallest absolute Gasteiger partial charge is 0.311 e. The minimum Gasteiger partial charge on any atom is -0.490 e. The average Bonchev–Trinajstić information content (AvgIpc) is 3.03. The van der Waals surface area contributed by atoms with E-state index in [1.807, 2.05) is 6.92 Å². The predicted octanol–water partition coefficient (Wildman–Crippen LogP) is 1.43. The molecule has 0 spiro atoms. The molecule has 0 radical (unpaired) electrons. The van der Waals surface area contributed by atoms with Crippen molar-refractivity contribution in [3.63, 3.8) is 0 Å². The van der Waals surface area contributed by atoms with Gasteiger partial charge in [0.1, 0.15) is 0 Å². The molecule has 25 heavy (non-hydrogen) atoms. The third-order valence-corrected chi connectivity index (χ3v) is 3.41. The lowest BCUT2D eigenvalue weighted by Gasteiger charge is -2.06. The van der Waals surface area contributed by atoms with Crippen molar-refractivity contribution < 1.29 is 19.2 Å². The Morgan fingerprint density at radius 1 is 1.36 bits per heavy atom. The molecule has 10 heteroatoms. The van der Waals surface area contributed by atoms with Crippen molar-refractivity contribution in [3.8, 4) is 5.75 Å². The summed E-state index contributed by atoms with van der Waals surface area (Å²) >= 11 is 0. The van der Waals surface area contributed by atoms with Crippen molar-refractivity contribution in [2.45, 2.75) is 13.5 Å². The number of carbonyl (C=O) groups is 2. The number of amides is 2. The van der Waals surface area contributed by atoms with Gasteiger partial charge in [0.05, 0.1) is 17.7 Å². The summed E-state index contributed by atoms with van der Waals surface area (Å²) in [4.78, 5) is 34.7. The number of nitro groups is 1. The molecule has 1 heterocycles. The van der Waals surface area contributed by atoms with Gasteiger partial charge in [0, 0.05) is 31.4 Å². The highest BCUT2D eigenvalue weighted by Gasteiger charge is 2.21. The van der Waals surface area contributed by atoms with Gasteiger partial charge in [0.2, 0.25) is 0 Å². The molecule has 0 fully saturated rings. The second-order valence-electron chi connectivity index (χ2n) is 4.92. The van der Waals surface area contributed by atoms with Gasteiger partial charge in [0.25, 0.3) is 11.8 Å². The van der Waals surface area contributed by atoms with Crippen LogP contribution >= 0.6 is 0 Å². The topological polar surface area (TPSA) is 128 Å². The van der Waals surface area contributed by atoms with E-state index >= 15 is 0 Å². The number of hydrogen-bond donors (Lipinski definition) is 2. The van der Waals surface area contributed by atoms with Crippen LogP contribution in [0.5, 0.6) is 5.75 Å². The average molecular weight is 347 g/mol. The maximum atomic E-state index is 12.4. The Bertz CT molecular complexity index is 830. The third kappa shape index (κ3) is 3.74. The molecule has 2 amide bonds. The number of aromatic nitrogens is 2. The molecule has 1 aromatic carbocycles. The minimum atomic E-state index is -0.638. The Labute approximate surface area is 142 Å². The Morgan fingerprint density at radius 3 is 2.64 bits per heavy atom. The van der Waals surface area contributed by atoms with Gasteiger partial charge >= 0.3 is 5.69 Å². The second-order valence-corrected chi connectivity index (χ2v) is 4.92. The lowest BCUT2D eigenvalue weighted by Crippen LogP contribution is -2.21. The molecular weight excluding hydrogens is 330 g/mol. The highest BCUT2D eigenvalue weighted by atomic mass is 16.6. The van der Waals surface area contributed by atoms with E-state index in [-0.39, 0.29) is 28.4 Å². The molecule has 1 aromatic heterocycles. The van der Waals surface area contributed by atoms with Gasteiger partial charge in [-0.3, -0.25) is 24.4 Å². The van der Waals surface area contributed by atoms with Crippen molar-refractivity contribution in [2.75, 3.05) is 19.5 Å². The fourth-order valence-corrected chi connectivity index (χ4v) is 2.13. The van der Waals surface area contributed by atoms with Gasteiger partial charge in [-0.15, -0.1) is 0 Å². The number of carbonyl (C=O) groups excluding carboxylic acids is 2. The van der Waals surface area contributed by atoms with Gasteiger partial charge in [-0.25, -0.2) is 0 Å². The van der Waals surface area contributed by atoms with E-state index in [1.54, 1.807) is 0 Å². The SMILES string of the molecule is CCn1cc(NC(=O)c2ccc(OC)c([N+](=O)[O-])c2)c(C(=O)NC)n1. The predicted molar refractivity (Wildman–Crippen MR) is 88.9 cm³/mol. The summed E-state index contributed by atoms with van der Waals surface area (Å²) in [5.41, 5.74) is -0.00378. The molecule has 0 saturated carbocycles. The van der Waals surface area contributed by atoms with Crippen molar-refractivity contribution >= 4 is 23.2 Å². The highest BCUT2D eigenvalue weighted by Crippen LogP contribution is 2.28. The van der Waals surface area contributed by atoms with Crippen LogP contribution in [0.15, 0.2) is 24.4 Å². The number of ether oxygens (including phenoxy) is 1. The minimum absolute atomic E-state index is 0.0476. The quantitative estimate of drug-likeness (QED) is 0.601. The van der Waals surface area contributed by atoms with Gasteiger partial charge in [0.15, 0.2) is 11.4 Å². The Hall–Kier alpha value is -3.43. The maximum absolute atomic E-state index is 12.4. The van der Waals surface area contributed by atoms with Crippen molar-refractivity contribution in [1.29, 1.82) is 0 Å². The Balaban J connectivity index is 2.34. The van der Waals surface area contributed by atoms with Gasteiger partial charge in [-0.1, -0.05) is 0 Å². The summed E-state index contributed by atoms with van der Waals surface area (Å²) in [7, 11) is 2.75. The van der Waals surface area contributed by atoms with Crippen LogP contribution in [-0.2, 0) is 6.54 Å². The number of aryl methyl sites for hydroxylation is 1. The molecule has 0 unspecified atom stereocenters. The lowest BCUT2D eigenvalue weighted by atomic mass is 10.1. The molecule has 0 aliphatic heterocycles. The fourth-order valence-electron chi connectivity index (χ4n) is 2.13. The normalized spacial score (nSPS) is 10.2. The first-order valence-corrected chi connectivity index (χ1v) is 7.34. The van der Waals surface area contributed by atoms with Crippen LogP contribution in [0.1, 0.15) is 27.8 Å². The fraction of sp³-hybridized carbons (Fsp3) is 0.267. The lowest BCUT2D eigenvalue weighted by molar-refractivity contribution is -0.385. The van der Waals surface area contributed by atoms with E-state index in [9.17, 15) is 19.7 Å². The van der Waals surface area contributed by atoms with Crippen LogP contribution in [0.2, 0.25) is 0 Å². The van der Waals surface area contributed by atoms with E-state index in [0.717, 1.165) is 6.07 Å². The number of nitrogens with zero attached hydrogens (tertiary/aromatic N) is 3. The van der Waals surface area contributed by atoms with E-state index < -0.39 is 16.7 Å². The first-order chi connectivity index (χ1) is 11.9. The molecule has 132 valence electrons. The second kappa shape index (κ2) is 7.43. The molecule has 0 aliphatic rings. The zero-order valence-electron chi connectivity index (χ0n) is 13.9. The van der Waals surface area contributed by atoms with Crippen LogP contribution in [-0.4, -0.2) is 40.7 Å². The van der Waals surface area contributed by atoms with Crippen LogP contribution in [0.25, 0.3) is 0 Å². The summed E-state index contributed by atoms with van der Waals surface area (Å²) in [5, 5.41) is 20.1. The summed E-state index contributed by atoms with van der Waals surface area (Å²) < 4.78 is 6.40. The van der Waals surface area contributed by atoms with Crippen LogP contribution in [0.4, 0.5) is 11.4 Å². The largest absolute Gasteiger partial charge is 0.490 e. The molecule has 2 rings (SSSR count). The Kier molecular flexibility index (Phi) is 5.32. The zero-order valence-corrected chi connectivity index (χ0v) is 13.9. The first kappa shape index (κ1) is 17.9.